The van der Waals surface area contributed by atoms with E-state index >= 15 is 0 Å². The standard InChI is InChI=1S/C42H30Br3N.C2H6/c43-37-19-7-31(8-20-37)1-4-34-13-25-40(26-14-34)46(41-27-15-35(16-28-41)5-2-32-9-21-38(44)22-10-32)42-29-17-36(18-30-42)6-3-33-11-23-39(45)24-12-33;1-2/h1-30H;1-2H3/b4-1+,5-2+,6-3+;. The van der Waals surface area contributed by atoms with Gasteiger partial charge in [-0.2, -0.15) is 0 Å². The van der Waals surface area contributed by atoms with E-state index in [0.717, 1.165) is 63.9 Å². The third-order valence-corrected chi connectivity index (χ3v) is 9.05. The Morgan fingerprint density at radius 2 is 0.458 bits per heavy atom. The largest absolute Gasteiger partial charge is 0.311 e. The van der Waals surface area contributed by atoms with Gasteiger partial charge in [0.1, 0.15) is 0 Å². The summed E-state index contributed by atoms with van der Waals surface area (Å²) in [6, 6.07) is 51.1. The molecule has 238 valence electrons. The molecule has 0 unspecified atom stereocenters. The van der Waals surface area contributed by atoms with E-state index in [-0.39, 0.29) is 0 Å². The van der Waals surface area contributed by atoms with Gasteiger partial charge in [0.25, 0.3) is 0 Å². The summed E-state index contributed by atoms with van der Waals surface area (Å²) in [5.74, 6) is 0. The van der Waals surface area contributed by atoms with E-state index in [2.05, 4.69) is 235 Å². The Labute approximate surface area is 310 Å². The Kier molecular flexibility index (Phi) is 13.0. The van der Waals surface area contributed by atoms with Gasteiger partial charge in [0.15, 0.2) is 0 Å². The number of rotatable bonds is 9. The Morgan fingerprint density at radius 1 is 0.292 bits per heavy atom. The molecule has 0 atom stereocenters. The average molecular weight is 818 g/mol. The number of anilines is 3. The van der Waals surface area contributed by atoms with Crippen LogP contribution in [0.1, 0.15) is 47.2 Å². The molecule has 0 N–H and O–H groups in total. The number of benzene rings is 6. The molecule has 0 bridgehead atoms. The molecule has 0 aliphatic heterocycles. The van der Waals surface area contributed by atoms with Crippen molar-refractivity contribution in [1.29, 1.82) is 0 Å². The monoisotopic (exact) mass is 815 g/mol. The van der Waals surface area contributed by atoms with E-state index < -0.39 is 0 Å². The number of hydrogen-bond donors (Lipinski definition) is 0. The lowest BCUT2D eigenvalue weighted by Crippen LogP contribution is -2.09. The molecule has 6 rings (SSSR count). The second-order valence-corrected chi connectivity index (χ2v) is 13.5. The molecule has 6 aromatic carbocycles. The molecule has 1 nitrogen and oxygen atoms in total. The summed E-state index contributed by atoms with van der Waals surface area (Å²) in [6.45, 7) is 4.00. The minimum Gasteiger partial charge on any atom is -0.311 e. The quantitative estimate of drug-likeness (QED) is 0.131. The minimum atomic E-state index is 1.08. The third-order valence-electron chi connectivity index (χ3n) is 7.47. The van der Waals surface area contributed by atoms with Gasteiger partial charge in [0.05, 0.1) is 0 Å². The van der Waals surface area contributed by atoms with Crippen LogP contribution in [0.2, 0.25) is 0 Å². The van der Waals surface area contributed by atoms with Gasteiger partial charge in [-0.25, -0.2) is 0 Å². The molecule has 0 amide bonds. The van der Waals surface area contributed by atoms with Crippen LogP contribution >= 0.6 is 47.8 Å². The number of hydrogen-bond acceptors (Lipinski definition) is 1. The summed E-state index contributed by atoms with van der Waals surface area (Å²) in [5, 5.41) is 0. The van der Waals surface area contributed by atoms with Crippen LogP contribution in [0.25, 0.3) is 36.5 Å². The molecule has 0 heterocycles. The van der Waals surface area contributed by atoms with Gasteiger partial charge in [0.2, 0.25) is 0 Å². The van der Waals surface area contributed by atoms with Crippen LogP contribution < -0.4 is 4.90 Å². The van der Waals surface area contributed by atoms with Crippen molar-refractivity contribution < 1.29 is 0 Å². The Bertz CT molecular complexity index is 1720. The maximum atomic E-state index is 3.51. The van der Waals surface area contributed by atoms with E-state index in [1.165, 1.54) is 0 Å². The van der Waals surface area contributed by atoms with Crippen LogP contribution in [-0.2, 0) is 0 Å². The van der Waals surface area contributed by atoms with Crippen molar-refractivity contribution in [2.24, 2.45) is 0 Å². The van der Waals surface area contributed by atoms with Crippen molar-refractivity contribution in [3.05, 3.63) is 192 Å². The minimum absolute atomic E-state index is 1.08. The number of halogens is 3. The number of nitrogens with zero attached hydrogens (tertiary/aromatic N) is 1. The van der Waals surface area contributed by atoms with Crippen molar-refractivity contribution in [2.45, 2.75) is 13.8 Å². The summed E-state index contributed by atoms with van der Waals surface area (Å²) in [5.41, 5.74) is 10.2. The fraction of sp³-hybridized carbons (Fsp3) is 0.0455. The van der Waals surface area contributed by atoms with Crippen LogP contribution in [-0.4, -0.2) is 0 Å². The normalized spacial score (nSPS) is 11.2. The van der Waals surface area contributed by atoms with Crippen LogP contribution in [0.5, 0.6) is 0 Å². The van der Waals surface area contributed by atoms with E-state index in [0.29, 0.717) is 0 Å². The second-order valence-electron chi connectivity index (χ2n) is 10.8. The summed E-state index contributed by atoms with van der Waals surface area (Å²) < 4.78 is 3.24. The molecule has 0 saturated heterocycles. The summed E-state index contributed by atoms with van der Waals surface area (Å²) >= 11 is 10.5. The molecule has 6 aromatic rings. The molecule has 0 radical (unpaired) electrons. The average Bonchev–Trinajstić information content (AvgIpc) is 3.13. The molecule has 0 aromatic heterocycles. The summed E-state index contributed by atoms with van der Waals surface area (Å²) in [7, 11) is 0. The maximum Gasteiger partial charge on any atom is 0.0462 e. The molecule has 4 heteroatoms. The molecule has 0 saturated carbocycles. The topological polar surface area (TPSA) is 3.24 Å². The van der Waals surface area contributed by atoms with E-state index in [1.54, 1.807) is 0 Å². The van der Waals surface area contributed by atoms with Gasteiger partial charge in [-0.05, 0) is 106 Å². The first kappa shape index (κ1) is 35.1. The first-order valence-corrected chi connectivity index (χ1v) is 18.3. The zero-order valence-corrected chi connectivity index (χ0v) is 31.7. The second kappa shape index (κ2) is 17.8. The van der Waals surface area contributed by atoms with Gasteiger partial charge in [-0.3, -0.25) is 0 Å². The molecular formula is C44H36Br3N. The van der Waals surface area contributed by atoms with Crippen molar-refractivity contribution in [2.75, 3.05) is 4.90 Å². The SMILES string of the molecule is Brc1ccc(/C=C/c2ccc(N(c3ccc(/C=C/c4ccc(Br)cc4)cc3)c3ccc(/C=C/c4ccc(Br)cc4)cc3)cc2)cc1.CC. The summed E-state index contributed by atoms with van der Waals surface area (Å²) in [6.07, 6.45) is 12.9. The van der Waals surface area contributed by atoms with Gasteiger partial charge in [0, 0.05) is 30.5 Å². The highest BCUT2D eigenvalue weighted by Crippen LogP contribution is 2.35. The highest BCUT2D eigenvalue weighted by Gasteiger charge is 2.12. The molecule has 0 aliphatic carbocycles. The molecular weight excluding hydrogens is 782 g/mol. The predicted molar refractivity (Wildman–Crippen MR) is 222 cm³/mol. The van der Waals surface area contributed by atoms with Crippen molar-refractivity contribution in [3.8, 4) is 0 Å². The van der Waals surface area contributed by atoms with E-state index in [1.807, 2.05) is 13.8 Å². The van der Waals surface area contributed by atoms with Gasteiger partial charge in [-0.15, -0.1) is 0 Å². The lowest BCUT2D eigenvalue weighted by Gasteiger charge is -2.26. The van der Waals surface area contributed by atoms with Crippen molar-refractivity contribution in [1.82, 2.24) is 0 Å². The fourth-order valence-corrected chi connectivity index (χ4v) is 5.74. The van der Waals surface area contributed by atoms with Gasteiger partial charge >= 0.3 is 0 Å². The first-order chi connectivity index (χ1) is 23.5. The van der Waals surface area contributed by atoms with Gasteiger partial charge < -0.3 is 4.90 Å². The highest BCUT2D eigenvalue weighted by atomic mass is 79.9. The first-order valence-electron chi connectivity index (χ1n) is 15.9. The molecule has 48 heavy (non-hydrogen) atoms. The van der Waals surface area contributed by atoms with E-state index in [4.69, 9.17) is 0 Å². The van der Waals surface area contributed by atoms with Crippen molar-refractivity contribution in [3.63, 3.8) is 0 Å². The van der Waals surface area contributed by atoms with Crippen LogP contribution in [0.4, 0.5) is 17.1 Å². The lowest BCUT2D eigenvalue weighted by atomic mass is 10.1. The Balaban J connectivity index is 0.00000221. The van der Waals surface area contributed by atoms with Crippen LogP contribution in [0.3, 0.4) is 0 Å². The molecule has 0 aliphatic rings. The van der Waals surface area contributed by atoms with Crippen molar-refractivity contribution >= 4 is 101 Å². The lowest BCUT2D eigenvalue weighted by molar-refractivity contribution is 1.28. The smallest absolute Gasteiger partial charge is 0.0462 e. The summed E-state index contributed by atoms with van der Waals surface area (Å²) in [4.78, 5) is 2.30. The third kappa shape index (κ3) is 10.1. The van der Waals surface area contributed by atoms with Crippen LogP contribution in [0.15, 0.2) is 159 Å². The molecule has 0 fully saturated rings. The highest BCUT2D eigenvalue weighted by molar-refractivity contribution is 9.11. The Morgan fingerprint density at radius 3 is 0.646 bits per heavy atom. The predicted octanol–water partition coefficient (Wildman–Crippen LogP) is 15.0. The van der Waals surface area contributed by atoms with Crippen LogP contribution in [0, 0.1) is 0 Å². The fourth-order valence-electron chi connectivity index (χ4n) is 4.95. The zero-order valence-electron chi connectivity index (χ0n) is 26.9. The van der Waals surface area contributed by atoms with E-state index in [9.17, 15) is 0 Å². The maximum absolute atomic E-state index is 3.51. The Hall–Kier alpha value is -4.22. The zero-order chi connectivity index (χ0) is 33.7. The van der Waals surface area contributed by atoms with Gasteiger partial charge in [-0.1, -0.05) is 171 Å². The molecule has 0 spiro atoms.